The third kappa shape index (κ3) is 2.25. The average molecular weight is 271 g/mol. The zero-order valence-electron chi connectivity index (χ0n) is 11.4. The molecule has 2 aliphatic rings. The number of benzene rings is 1. The van der Waals surface area contributed by atoms with Crippen LogP contribution in [0.5, 0.6) is 0 Å². The van der Waals surface area contributed by atoms with Crippen molar-refractivity contribution in [2.75, 3.05) is 13.6 Å². The molecule has 3 rings (SSSR count). The van der Waals surface area contributed by atoms with Crippen LogP contribution in [0.2, 0.25) is 0 Å². The second kappa shape index (κ2) is 5.17. The number of hydrogen-bond acceptors (Lipinski definition) is 3. The van der Waals surface area contributed by atoms with Crippen molar-refractivity contribution in [3.05, 3.63) is 34.9 Å². The van der Waals surface area contributed by atoms with Crippen molar-refractivity contribution in [1.82, 2.24) is 10.2 Å². The molecule has 1 atom stereocenters. The van der Waals surface area contributed by atoms with Gasteiger partial charge >= 0.3 is 0 Å². The van der Waals surface area contributed by atoms with Crippen LogP contribution < -0.4 is 5.32 Å². The zero-order valence-corrected chi connectivity index (χ0v) is 11.4. The Labute approximate surface area is 117 Å². The van der Waals surface area contributed by atoms with E-state index in [2.05, 4.69) is 10.3 Å². The van der Waals surface area contributed by atoms with Crippen LogP contribution in [0.25, 0.3) is 0 Å². The van der Waals surface area contributed by atoms with Crippen molar-refractivity contribution in [3.63, 3.8) is 0 Å². The first-order chi connectivity index (χ1) is 9.66. The Kier molecular flexibility index (Phi) is 3.36. The Morgan fingerprint density at radius 3 is 3.05 bits per heavy atom. The van der Waals surface area contributed by atoms with Gasteiger partial charge in [-0.25, -0.2) is 4.99 Å². The fraction of sp³-hybridized carbons (Fsp3) is 0.400. The largest absolute Gasteiger partial charge is 0.326 e. The van der Waals surface area contributed by atoms with Crippen LogP contribution in [0, 0.1) is 0 Å². The van der Waals surface area contributed by atoms with E-state index in [9.17, 15) is 9.59 Å². The maximum Gasteiger partial charge on any atom is 0.276 e. The standard InChI is InChI=1S/C15H17N3O2/c1-18(13-3-2-7-16-13)15(20)11-4-5-12-10(9-11)6-8-17-14(12)19/h4-5,8-9,13,16H,2-3,6-7H2,1H3. The number of nitrogens with zero attached hydrogens (tertiary/aromatic N) is 2. The molecular weight excluding hydrogens is 254 g/mol. The van der Waals surface area contributed by atoms with Crippen LogP contribution in [0.1, 0.15) is 39.1 Å². The van der Waals surface area contributed by atoms with Crippen molar-refractivity contribution >= 4 is 18.0 Å². The molecule has 0 radical (unpaired) electrons. The Bertz CT molecular complexity index is 589. The molecule has 0 bridgehead atoms. The van der Waals surface area contributed by atoms with E-state index < -0.39 is 0 Å². The van der Waals surface area contributed by atoms with E-state index >= 15 is 0 Å². The Morgan fingerprint density at radius 1 is 1.45 bits per heavy atom. The van der Waals surface area contributed by atoms with E-state index in [4.69, 9.17) is 0 Å². The second-order valence-electron chi connectivity index (χ2n) is 5.22. The molecule has 1 unspecified atom stereocenters. The van der Waals surface area contributed by atoms with Gasteiger partial charge in [-0.1, -0.05) is 0 Å². The number of fused-ring (bicyclic) bond motifs is 1. The van der Waals surface area contributed by atoms with Gasteiger partial charge < -0.3 is 4.90 Å². The Hall–Kier alpha value is -2.01. The molecule has 1 fully saturated rings. The molecule has 2 heterocycles. The minimum absolute atomic E-state index is 0.0119. The first kappa shape index (κ1) is 13.0. The molecule has 1 saturated heterocycles. The maximum absolute atomic E-state index is 12.5. The van der Waals surface area contributed by atoms with E-state index in [1.54, 1.807) is 23.2 Å². The molecule has 5 heteroatoms. The average Bonchev–Trinajstić information content (AvgIpc) is 3.00. The van der Waals surface area contributed by atoms with Crippen molar-refractivity contribution in [2.45, 2.75) is 25.4 Å². The fourth-order valence-corrected chi connectivity index (χ4v) is 2.74. The van der Waals surface area contributed by atoms with E-state index in [1.165, 1.54) is 0 Å². The van der Waals surface area contributed by atoms with Crippen LogP contribution >= 0.6 is 0 Å². The highest BCUT2D eigenvalue weighted by atomic mass is 16.2. The van der Waals surface area contributed by atoms with Crippen LogP contribution in [-0.2, 0) is 6.42 Å². The minimum Gasteiger partial charge on any atom is -0.326 e. The number of hydrogen-bond donors (Lipinski definition) is 1. The van der Waals surface area contributed by atoms with Gasteiger partial charge in [0, 0.05) is 30.8 Å². The van der Waals surface area contributed by atoms with Gasteiger partial charge in [0.15, 0.2) is 0 Å². The monoisotopic (exact) mass is 271 g/mol. The highest BCUT2D eigenvalue weighted by Gasteiger charge is 2.24. The highest BCUT2D eigenvalue weighted by molar-refractivity contribution is 6.04. The Balaban J connectivity index is 1.84. The van der Waals surface area contributed by atoms with Gasteiger partial charge in [-0.15, -0.1) is 0 Å². The molecule has 2 aliphatic heterocycles. The molecule has 2 amide bonds. The molecule has 0 aromatic heterocycles. The van der Waals surface area contributed by atoms with Gasteiger partial charge in [-0.05, 0) is 43.1 Å². The first-order valence-corrected chi connectivity index (χ1v) is 6.87. The maximum atomic E-state index is 12.5. The molecule has 1 N–H and O–H groups in total. The summed E-state index contributed by atoms with van der Waals surface area (Å²) in [5, 5.41) is 3.31. The molecule has 0 saturated carbocycles. The topological polar surface area (TPSA) is 61.8 Å². The van der Waals surface area contributed by atoms with Crippen LogP contribution in [0.15, 0.2) is 23.2 Å². The number of aliphatic imine (C=N–C) groups is 1. The second-order valence-corrected chi connectivity index (χ2v) is 5.22. The molecule has 0 aliphatic carbocycles. The van der Waals surface area contributed by atoms with Crippen molar-refractivity contribution in [2.24, 2.45) is 4.99 Å². The molecule has 0 spiro atoms. The number of carbonyl (C=O) groups is 2. The summed E-state index contributed by atoms with van der Waals surface area (Å²) in [7, 11) is 1.82. The number of nitrogens with one attached hydrogen (secondary N) is 1. The smallest absolute Gasteiger partial charge is 0.276 e. The minimum atomic E-state index is -0.226. The Morgan fingerprint density at radius 2 is 2.30 bits per heavy atom. The van der Waals surface area contributed by atoms with Gasteiger partial charge in [0.1, 0.15) is 0 Å². The van der Waals surface area contributed by atoms with Gasteiger partial charge in [-0.3, -0.25) is 14.9 Å². The summed E-state index contributed by atoms with van der Waals surface area (Å²) in [6, 6.07) is 5.23. The van der Waals surface area contributed by atoms with Crippen molar-refractivity contribution in [3.8, 4) is 0 Å². The van der Waals surface area contributed by atoms with Gasteiger partial charge in [-0.2, -0.15) is 0 Å². The molecule has 20 heavy (non-hydrogen) atoms. The fourth-order valence-electron chi connectivity index (χ4n) is 2.74. The van der Waals surface area contributed by atoms with Gasteiger partial charge in [0.05, 0.1) is 6.17 Å². The lowest BCUT2D eigenvalue weighted by Crippen LogP contribution is -2.42. The highest BCUT2D eigenvalue weighted by Crippen LogP contribution is 2.19. The third-order valence-corrected chi connectivity index (χ3v) is 3.92. The molecular formula is C15H17N3O2. The number of rotatable bonds is 2. The van der Waals surface area contributed by atoms with E-state index in [0.29, 0.717) is 17.5 Å². The van der Waals surface area contributed by atoms with Crippen molar-refractivity contribution in [1.29, 1.82) is 0 Å². The van der Waals surface area contributed by atoms with Crippen molar-refractivity contribution < 1.29 is 9.59 Å². The van der Waals surface area contributed by atoms with Crippen LogP contribution in [0.4, 0.5) is 0 Å². The number of amides is 2. The summed E-state index contributed by atoms with van der Waals surface area (Å²) in [4.78, 5) is 29.6. The molecule has 1 aromatic carbocycles. The summed E-state index contributed by atoms with van der Waals surface area (Å²) in [5.41, 5.74) is 2.11. The predicted octanol–water partition coefficient (Wildman–Crippen LogP) is 1.24. The summed E-state index contributed by atoms with van der Waals surface area (Å²) in [6.45, 7) is 0.956. The molecule has 5 nitrogen and oxygen atoms in total. The molecule has 104 valence electrons. The summed E-state index contributed by atoms with van der Waals surface area (Å²) >= 11 is 0. The third-order valence-electron chi connectivity index (χ3n) is 3.92. The summed E-state index contributed by atoms with van der Waals surface area (Å²) < 4.78 is 0. The van der Waals surface area contributed by atoms with Crippen LogP contribution in [-0.4, -0.2) is 42.7 Å². The predicted molar refractivity (Wildman–Crippen MR) is 76.1 cm³/mol. The SMILES string of the molecule is CN(C(=O)c1ccc2c(c1)CC=NC2=O)C1CCCN1. The lowest BCUT2D eigenvalue weighted by Gasteiger charge is -2.25. The quantitative estimate of drug-likeness (QED) is 0.880. The summed E-state index contributed by atoms with van der Waals surface area (Å²) in [5.74, 6) is -0.238. The normalized spacial score (nSPS) is 20.9. The summed E-state index contributed by atoms with van der Waals surface area (Å²) in [6.07, 6.45) is 4.39. The lowest BCUT2D eigenvalue weighted by molar-refractivity contribution is 0.0718. The number of carbonyl (C=O) groups excluding carboxylic acids is 2. The molecule has 1 aromatic rings. The van der Waals surface area contributed by atoms with E-state index in [0.717, 1.165) is 24.9 Å². The zero-order chi connectivity index (χ0) is 14.1. The van der Waals surface area contributed by atoms with E-state index in [-0.39, 0.29) is 18.0 Å². The van der Waals surface area contributed by atoms with E-state index in [1.807, 2.05) is 13.1 Å². The van der Waals surface area contributed by atoms with Gasteiger partial charge in [0.2, 0.25) is 0 Å². The first-order valence-electron chi connectivity index (χ1n) is 6.87. The van der Waals surface area contributed by atoms with Gasteiger partial charge in [0.25, 0.3) is 11.8 Å². The van der Waals surface area contributed by atoms with Crippen LogP contribution in [0.3, 0.4) is 0 Å². The lowest BCUT2D eigenvalue weighted by atomic mass is 9.99.